The summed E-state index contributed by atoms with van der Waals surface area (Å²) in [5.74, 6) is 0.430. The topological polar surface area (TPSA) is 23.5 Å². The molecule has 2 rings (SSSR count). The van der Waals surface area contributed by atoms with E-state index in [0.717, 1.165) is 30.6 Å². The van der Waals surface area contributed by atoms with Gasteiger partial charge in [0.05, 0.1) is 0 Å². The Morgan fingerprint density at radius 1 is 1.42 bits per heavy atom. The van der Waals surface area contributed by atoms with E-state index in [0.29, 0.717) is 5.75 Å². The van der Waals surface area contributed by atoms with E-state index < -0.39 is 0 Å². The molecule has 0 saturated carbocycles. The Morgan fingerprint density at radius 2 is 2.25 bits per heavy atom. The minimum atomic E-state index is 0.430. The van der Waals surface area contributed by atoms with E-state index in [1.165, 1.54) is 0 Å². The number of phenols is 1. The van der Waals surface area contributed by atoms with Crippen LogP contribution in [0.5, 0.6) is 5.75 Å². The number of rotatable bonds is 0. The van der Waals surface area contributed by atoms with Gasteiger partial charge in [0, 0.05) is 17.8 Å². The van der Waals surface area contributed by atoms with Crippen molar-refractivity contribution in [3.63, 3.8) is 0 Å². The Labute approximate surface area is 74.5 Å². The lowest BCUT2D eigenvalue weighted by Crippen LogP contribution is -2.18. The fraction of sp³-hybridized carbons (Fsp3) is 0.333. The van der Waals surface area contributed by atoms with Crippen molar-refractivity contribution in [2.24, 2.45) is 0 Å². The zero-order chi connectivity index (χ0) is 8.55. The summed E-state index contributed by atoms with van der Waals surface area (Å²) in [5.41, 5.74) is 2.23. The zero-order valence-electron chi connectivity index (χ0n) is 6.83. The molecule has 0 spiro atoms. The minimum absolute atomic E-state index is 0.430. The third kappa shape index (κ3) is 1.16. The van der Waals surface area contributed by atoms with E-state index >= 15 is 0 Å². The Morgan fingerprint density at radius 3 is 3.00 bits per heavy atom. The molecule has 1 heterocycles. The number of anilines is 1. The van der Waals surface area contributed by atoms with E-state index in [2.05, 4.69) is 14.1 Å². The van der Waals surface area contributed by atoms with Crippen LogP contribution in [-0.4, -0.2) is 11.7 Å². The van der Waals surface area contributed by atoms with Gasteiger partial charge in [0.2, 0.25) is 0 Å². The lowest BCUT2D eigenvalue weighted by atomic mass is 10.0. The maximum absolute atomic E-state index is 9.54. The maximum Gasteiger partial charge on any atom is 0.120 e. The highest BCUT2D eigenvalue weighted by Crippen LogP contribution is 2.34. The molecule has 64 valence electrons. The summed E-state index contributed by atoms with van der Waals surface area (Å²) in [6.45, 7) is 1.06. The van der Waals surface area contributed by atoms with Crippen LogP contribution >= 0.6 is 9.39 Å². The van der Waals surface area contributed by atoms with Crippen LogP contribution in [0.3, 0.4) is 0 Å². The third-order valence-corrected chi connectivity index (χ3v) is 2.80. The summed E-state index contributed by atoms with van der Waals surface area (Å²) in [6, 6.07) is 5.68. The molecular formula is C9H12NOP. The van der Waals surface area contributed by atoms with Gasteiger partial charge in [-0.15, -0.1) is 0 Å². The van der Waals surface area contributed by atoms with Gasteiger partial charge in [-0.25, -0.2) is 0 Å². The average Bonchev–Trinajstić information content (AvgIpc) is 2.07. The molecule has 1 aliphatic heterocycles. The molecule has 1 N–H and O–H groups in total. The van der Waals surface area contributed by atoms with Crippen molar-refractivity contribution in [3.8, 4) is 5.75 Å². The molecule has 1 aromatic carbocycles. The Balaban J connectivity index is 2.52. The quantitative estimate of drug-likeness (QED) is 0.618. The van der Waals surface area contributed by atoms with E-state index in [9.17, 15) is 5.11 Å². The predicted octanol–water partition coefficient (Wildman–Crippen LogP) is 1.93. The summed E-state index contributed by atoms with van der Waals surface area (Å²) in [7, 11) is 2.68. The number of phenolic OH excluding ortho intramolecular Hbond substituents is 1. The Kier molecular flexibility index (Phi) is 1.93. The van der Waals surface area contributed by atoms with Gasteiger partial charge in [-0.2, -0.15) is 0 Å². The van der Waals surface area contributed by atoms with Crippen LogP contribution in [0, 0.1) is 0 Å². The molecule has 0 bridgehead atoms. The van der Waals surface area contributed by atoms with Crippen LogP contribution in [-0.2, 0) is 6.42 Å². The minimum Gasteiger partial charge on any atom is -0.508 e. The molecule has 0 aliphatic carbocycles. The first kappa shape index (κ1) is 7.88. The first-order valence-electron chi connectivity index (χ1n) is 4.12. The second-order valence-corrected chi connectivity index (χ2v) is 3.70. The molecule has 0 fully saturated rings. The molecule has 1 unspecified atom stereocenters. The van der Waals surface area contributed by atoms with Crippen molar-refractivity contribution in [2.45, 2.75) is 12.8 Å². The van der Waals surface area contributed by atoms with E-state index in [1.807, 2.05) is 12.1 Å². The standard InChI is InChI=1S/C9H12NOP/c11-9-5-1-4-8-7(9)3-2-6-10(8)12/h1,4-5,11H,2-3,6,12H2. The molecule has 1 atom stereocenters. The molecule has 3 heteroatoms. The highest BCUT2D eigenvalue weighted by atomic mass is 31.0. The molecule has 0 amide bonds. The molecule has 0 radical (unpaired) electrons. The first-order chi connectivity index (χ1) is 5.79. The van der Waals surface area contributed by atoms with Crippen LogP contribution in [0.15, 0.2) is 18.2 Å². The van der Waals surface area contributed by atoms with Gasteiger partial charge in [0.25, 0.3) is 0 Å². The number of nitrogens with zero attached hydrogens (tertiary/aromatic N) is 1. The van der Waals surface area contributed by atoms with Crippen molar-refractivity contribution >= 4 is 15.1 Å². The second kappa shape index (κ2) is 2.95. The zero-order valence-corrected chi connectivity index (χ0v) is 7.98. The molecule has 0 saturated heterocycles. The molecule has 1 aromatic rings. The van der Waals surface area contributed by atoms with Crippen molar-refractivity contribution in [3.05, 3.63) is 23.8 Å². The molecule has 2 nitrogen and oxygen atoms in total. The maximum atomic E-state index is 9.54. The van der Waals surface area contributed by atoms with E-state index in [-0.39, 0.29) is 0 Å². The van der Waals surface area contributed by atoms with Crippen molar-refractivity contribution in [1.29, 1.82) is 0 Å². The summed E-state index contributed by atoms with van der Waals surface area (Å²) >= 11 is 0. The Bertz CT molecular complexity index is 301. The molecule has 1 aliphatic rings. The summed E-state index contributed by atoms with van der Waals surface area (Å²) in [4.78, 5) is 0. The predicted molar refractivity (Wildman–Crippen MR) is 53.5 cm³/mol. The fourth-order valence-electron chi connectivity index (χ4n) is 1.63. The smallest absolute Gasteiger partial charge is 0.120 e. The number of aromatic hydroxyl groups is 1. The van der Waals surface area contributed by atoms with Crippen molar-refractivity contribution in [2.75, 3.05) is 11.2 Å². The summed E-state index contributed by atoms with van der Waals surface area (Å²) < 4.78 is 2.11. The third-order valence-electron chi connectivity index (χ3n) is 2.26. The van der Waals surface area contributed by atoms with Gasteiger partial charge >= 0.3 is 0 Å². The molecule has 12 heavy (non-hydrogen) atoms. The highest BCUT2D eigenvalue weighted by molar-refractivity contribution is 7.19. The van der Waals surface area contributed by atoms with Crippen molar-refractivity contribution < 1.29 is 5.11 Å². The van der Waals surface area contributed by atoms with Crippen LogP contribution in [0.1, 0.15) is 12.0 Å². The van der Waals surface area contributed by atoms with Crippen LogP contribution in [0.2, 0.25) is 0 Å². The van der Waals surface area contributed by atoms with Gasteiger partial charge in [-0.1, -0.05) is 6.07 Å². The van der Waals surface area contributed by atoms with Gasteiger partial charge in [-0.3, -0.25) is 0 Å². The number of fused-ring (bicyclic) bond motifs is 1. The molecular weight excluding hydrogens is 169 g/mol. The Hall–Kier alpha value is -0.750. The summed E-state index contributed by atoms with van der Waals surface area (Å²) in [6.07, 6.45) is 2.11. The number of hydrogen-bond acceptors (Lipinski definition) is 2. The van der Waals surface area contributed by atoms with Gasteiger partial charge in [0.1, 0.15) is 5.75 Å². The van der Waals surface area contributed by atoms with Crippen LogP contribution < -0.4 is 4.67 Å². The fourth-order valence-corrected chi connectivity index (χ4v) is 2.06. The largest absolute Gasteiger partial charge is 0.508 e. The highest BCUT2D eigenvalue weighted by Gasteiger charge is 2.15. The van der Waals surface area contributed by atoms with E-state index in [1.54, 1.807) is 6.07 Å². The van der Waals surface area contributed by atoms with Crippen LogP contribution in [0.25, 0.3) is 0 Å². The van der Waals surface area contributed by atoms with Gasteiger partial charge < -0.3 is 9.78 Å². The van der Waals surface area contributed by atoms with E-state index in [4.69, 9.17) is 0 Å². The SMILES string of the molecule is Oc1cccc2c1CCCN2P. The monoisotopic (exact) mass is 181 g/mol. The lowest BCUT2D eigenvalue weighted by Gasteiger charge is -2.27. The first-order valence-corrected chi connectivity index (χ1v) is 4.64. The van der Waals surface area contributed by atoms with Gasteiger partial charge in [0.15, 0.2) is 0 Å². The molecule has 0 aromatic heterocycles. The van der Waals surface area contributed by atoms with Crippen molar-refractivity contribution in [1.82, 2.24) is 0 Å². The summed E-state index contributed by atoms with van der Waals surface area (Å²) in [5, 5.41) is 9.54. The lowest BCUT2D eigenvalue weighted by molar-refractivity contribution is 0.466. The van der Waals surface area contributed by atoms with Crippen LogP contribution in [0.4, 0.5) is 5.69 Å². The second-order valence-electron chi connectivity index (χ2n) is 3.07. The number of benzene rings is 1. The number of hydrogen-bond donors (Lipinski definition) is 1. The normalized spacial score (nSPS) is 15.9. The average molecular weight is 181 g/mol. The van der Waals surface area contributed by atoms with Gasteiger partial charge in [-0.05, 0) is 34.4 Å².